The fourth-order valence-corrected chi connectivity index (χ4v) is 5.46. The van der Waals surface area contributed by atoms with E-state index in [1.54, 1.807) is 0 Å². The summed E-state index contributed by atoms with van der Waals surface area (Å²) in [6.07, 6.45) is 4.90. The normalized spacial score (nSPS) is 22.9. The Labute approximate surface area is 193 Å². The number of hydrogen-bond acceptors (Lipinski definition) is 4. The molecule has 1 saturated carbocycles. The van der Waals surface area contributed by atoms with E-state index in [0.717, 1.165) is 29.5 Å². The first kappa shape index (κ1) is 23.1. The highest BCUT2D eigenvalue weighted by atomic mass is 35.5. The summed E-state index contributed by atoms with van der Waals surface area (Å²) in [5.41, 5.74) is 3.06. The second-order valence-electron chi connectivity index (χ2n) is 9.11. The van der Waals surface area contributed by atoms with Gasteiger partial charge in [0.15, 0.2) is 0 Å². The first-order valence-corrected chi connectivity index (χ1v) is 11.8. The van der Waals surface area contributed by atoms with E-state index in [4.69, 9.17) is 21.1 Å². The lowest BCUT2D eigenvalue weighted by molar-refractivity contribution is -0.162. The molecule has 1 saturated heterocycles. The quantitative estimate of drug-likeness (QED) is 0.541. The van der Waals surface area contributed by atoms with Gasteiger partial charge in [0.25, 0.3) is 0 Å². The van der Waals surface area contributed by atoms with Crippen molar-refractivity contribution in [2.24, 2.45) is 5.92 Å². The molecule has 0 radical (unpaired) electrons. The maximum atomic E-state index is 13.7. The molecule has 1 heterocycles. The van der Waals surface area contributed by atoms with Crippen molar-refractivity contribution in [1.29, 1.82) is 0 Å². The van der Waals surface area contributed by atoms with Crippen LogP contribution in [0.3, 0.4) is 0 Å². The van der Waals surface area contributed by atoms with Crippen LogP contribution in [0, 0.1) is 18.7 Å². The SMILES string of the molecule is Cc1cc(Cl)c(OC[C@@H]2C[C@@H](O)CC(=O)O2)c(C(c2ccc(F)cc2)C2CCCCC2)c1. The van der Waals surface area contributed by atoms with Crippen molar-refractivity contribution in [1.82, 2.24) is 0 Å². The topological polar surface area (TPSA) is 55.8 Å². The zero-order valence-corrected chi connectivity index (χ0v) is 19.1. The number of cyclic esters (lactones) is 1. The van der Waals surface area contributed by atoms with Gasteiger partial charge in [-0.25, -0.2) is 4.39 Å². The van der Waals surface area contributed by atoms with E-state index in [2.05, 4.69) is 6.07 Å². The highest BCUT2D eigenvalue weighted by Gasteiger charge is 2.32. The largest absolute Gasteiger partial charge is 0.488 e. The van der Waals surface area contributed by atoms with Gasteiger partial charge in [-0.05, 0) is 55.0 Å². The van der Waals surface area contributed by atoms with E-state index in [-0.39, 0.29) is 24.8 Å². The van der Waals surface area contributed by atoms with Crippen LogP contribution < -0.4 is 4.74 Å². The molecule has 0 amide bonds. The monoisotopic (exact) mass is 460 g/mol. The van der Waals surface area contributed by atoms with Crippen molar-refractivity contribution in [2.45, 2.75) is 70.0 Å². The third kappa shape index (κ3) is 5.44. The molecule has 1 N–H and O–H groups in total. The summed E-state index contributed by atoms with van der Waals surface area (Å²) >= 11 is 6.66. The predicted molar refractivity (Wildman–Crippen MR) is 122 cm³/mol. The standard InChI is InChI=1S/C26H30ClFO4/c1-16-11-22(25(17-5-3-2-4-6-17)18-7-9-19(28)10-8-18)26(23(27)12-16)31-15-21-13-20(29)14-24(30)32-21/h7-12,17,20-21,25,29H,2-6,13-15H2,1H3/t20-,21+,25?/m1/s1. The minimum atomic E-state index is -0.716. The number of aryl methyl sites for hydroxylation is 1. The number of esters is 1. The number of carbonyl (C=O) groups is 1. The van der Waals surface area contributed by atoms with Crippen LogP contribution >= 0.6 is 11.6 Å². The molecule has 1 unspecified atom stereocenters. The Kier molecular flexibility index (Phi) is 7.37. The number of hydrogen-bond donors (Lipinski definition) is 1. The van der Waals surface area contributed by atoms with Crippen molar-refractivity contribution < 1.29 is 23.8 Å². The number of carbonyl (C=O) groups excluding carboxylic acids is 1. The molecule has 0 spiro atoms. The first-order valence-electron chi connectivity index (χ1n) is 11.5. The number of ether oxygens (including phenoxy) is 2. The van der Waals surface area contributed by atoms with Gasteiger partial charge in [0.05, 0.1) is 17.5 Å². The Morgan fingerprint density at radius 2 is 1.91 bits per heavy atom. The van der Waals surface area contributed by atoms with E-state index >= 15 is 0 Å². The molecule has 2 aromatic rings. The number of aliphatic hydroxyl groups excluding tert-OH is 1. The summed E-state index contributed by atoms with van der Waals surface area (Å²) in [4.78, 5) is 11.7. The molecule has 0 aromatic heterocycles. The second-order valence-corrected chi connectivity index (χ2v) is 9.52. The number of halogens is 2. The Morgan fingerprint density at radius 3 is 2.59 bits per heavy atom. The lowest BCUT2D eigenvalue weighted by Gasteiger charge is -2.33. The molecule has 172 valence electrons. The maximum absolute atomic E-state index is 13.7. The van der Waals surface area contributed by atoms with E-state index in [1.807, 2.05) is 25.1 Å². The van der Waals surface area contributed by atoms with Crippen LogP contribution in [-0.4, -0.2) is 29.9 Å². The van der Waals surface area contributed by atoms with Gasteiger partial charge in [0.2, 0.25) is 0 Å². The Morgan fingerprint density at radius 1 is 1.19 bits per heavy atom. The molecule has 2 aliphatic rings. The van der Waals surface area contributed by atoms with Gasteiger partial charge in [-0.3, -0.25) is 4.79 Å². The van der Waals surface area contributed by atoms with E-state index in [0.29, 0.717) is 23.1 Å². The maximum Gasteiger partial charge on any atom is 0.308 e. The van der Waals surface area contributed by atoms with Crippen LogP contribution in [-0.2, 0) is 9.53 Å². The Hall–Kier alpha value is -2.11. The molecular formula is C26H30ClFO4. The van der Waals surface area contributed by atoms with E-state index < -0.39 is 18.2 Å². The van der Waals surface area contributed by atoms with E-state index in [1.165, 1.54) is 31.4 Å². The summed E-state index contributed by atoms with van der Waals surface area (Å²) in [5.74, 6) is 0.339. The fraction of sp³-hybridized carbons (Fsp3) is 0.500. The first-order chi connectivity index (χ1) is 15.4. The molecule has 2 fully saturated rings. The summed E-state index contributed by atoms with van der Waals surface area (Å²) < 4.78 is 25.2. The fourth-order valence-electron chi connectivity index (χ4n) is 5.12. The van der Waals surface area contributed by atoms with Crippen molar-refractivity contribution >= 4 is 17.6 Å². The number of aliphatic hydroxyl groups is 1. The highest BCUT2D eigenvalue weighted by molar-refractivity contribution is 6.32. The molecule has 1 aliphatic heterocycles. The van der Waals surface area contributed by atoms with Gasteiger partial charge in [0, 0.05) is 17.9 Å². The molecular weight excluding hydrogens is 431 g/mol. The van der Waals surface area contributed by atoms with Crippen molar-refractivity contribution in [3.8, 4) is 5.75 Å². The van der Waals surface area contributed by atoms with Crippen LogP contribution in [0.4, 0.5) is 4.39 Å². The van der Waals surface area contributed by atoms with Crippen molar-refractivity contribution in [3.05, 3.63) is 63.9 Å². The highest BCUT2D eigenvalue weighted by Crippen LogP contribution is 2.46. The van der Waals surface area contributed by atoms with Crippen LogP contribution in [0.5, 0.6) is 5.75 Å². The molecule has 0 bridgehead atoms. The average Bonchev–Trinajstić information content (AvgIpc) is 2.75. The third-order valence-electron chi connectivity index (χ3n) is 6.55. The molecule has 1 aliphatic carbocycles. The summed E-state index contributed by atoms with van der Waals surface area (Å²) in [5, 5.41) is 10.4. The van der Waals surface area contributed by atoms with Crippen LogP contribution in [0.2, 0.25) is 5.02 Å². The average molecular weight is 461 g/mol. The molecule has 4 rings (SSSR count). The molecule has 4 nitrogen and oxygen atoms in total. The minimum absolute atomic E-state index is 0.0152. The van der Waals surface area contributed by atoms with Gasteiger partial charge in [-0.15, -0.1) is 0 Å². The molecule has 6 heteroatoms. The van der Waals surface area contributed by atoms with Crippen LogP contribution in [0.15, 0.2) is 36.4 Å². The molecule has 32 heavy (non-hydrogen) atoms. The summed E-state index contributed by atoms with van der Waals surface area (Å²) in [6.45, 7) is 2.13. The van der Waals surface area contributed by atoms with Gasteiger partial charge >= 0.3 is 5.97 Å². The summed E-state index contributed by atoms with van der Waals surface area (Å²) in [6, 6.07) is 10.7. The smallest absolute Gasteiger partial charge is 0.308 e. The molecule has 2 aromatic carbocycles. The number of benzene rings is 2. The van der Waals surface area contributed by atoms with E-state index in [9.17, 15) is 14.3 Å². The Bertz CT molecular complexity index is 940. The van der Waals surface area contributed by atoms with Crippen LogP contribution in [0.1, 0.15) is 67.6 Å². The lowest BCUT2D eigenvalue weighted by atomic mass is 9.73. The van der Waals surface area contributed by atoms with Gasteiger partial charge < -0.3 is 14.6 Å². The second kappa shape index (κ2) is 10.2. The zero-order valence-electron chi connectivity index (χ0n) is 18.4. The summed E-state index contributed by atoms with van der Waals surface area (Å²) in [7, 11) is 0. The predicted octanol–water partition coefficient (Wildman–Crippen LogP) is 5.95. The van der Waals surface area contributed by atoms with Gasteiger partial charge in [0.1, 0.15) is 24.3 Å². The van der Waals surface area contributed by atoms with Crippen molar-refractivity contribution in [3.63, 3.8) is 0 Å². The molecule has 3 atom stereocenters. The number of rotatable bonds is 6. The minimum Gasteiger partial charge on any atom is -0.488 e. The van der Waals surface area contributed by atoms with Gasteiger partial charge in [-0.2, -0.15) is 0 Å². The third-order valence-corrected chi connectivity index (χ3v) is 6.83. The Balaban J connectivity index is 1.68. The van der Waals surface area contributed by atoms with Crippen molar-refractivity contribution in [2.75, 3.05) is 6.61 Å². The van der Waals surface area contributed by atoms with Crippen LogP contribution in [0.25, 0.3) is 0 Å². The lowest BCUT2D eigenvalue weighted by Crippen LogP contribution is -2.36. The zero-order chi connectivity index (χ0) is 22.7. The van der Waals surface area contributed by atoms with Gasteiger partial charge in [-0.1, -0.05) is 49.1 Å².